The molecule has 1 aliphatic rings. The highest BCUT2D eigenvalue weighted by atomic mass is 32.2. The molecule has 0 N–H and O–H groups in total. The van der Waals surface area contributed by atoms with Crippen molar-refractivity contribution in [3.05, 3.63) is 59.4 Å². The van der Waals surface area contributed by atoms with Crippen LogP contribution in [0.3, 0.4) is 0 Å². The third-order valence-electron chi connectivity index (χ3n) is 5.05. The van der Waals surface area contributed by atoms with Crippen molar-refractivity contribution < 1.29 is 8.42 Å². The van der Waals surface area contributed by atoms with E-state index in [-0.39, 0.29) is 0 Å². The first-order valence-electron chi connectivity index (χ1n) is 9.54. The van der Waals surface area contributed by atoms with Gasteiger partial charge in [-0.25, -0.2) is 13.1 Å². The van der Waals surface area contributed by atoms with Crippen molar-refractivity contribution in [2.45, 2.75) is 25.7 Å². The highest BCUT2D eigenvalue weighted by Gasteiger charge is 2.29. The highest BCUT2D eigenvalue weighted by Crippen LogP contribution is 2.21. The molecule has 0 atom stereocenters. The average Bonchev–Trinajstić information content (AvgIpc) is 3.06. The van der Waals surface area contributed by atoms with Crippen molar-refractivity contribution >= 4 is 15.8 Å². The van der Waals surface area contributed by atoms with Crippen LogP contribution in [0.25, 0.3) is 5.82 Å². The summed E-state index contributed by atoms with van der Waals surface area (Å²) < 4.78 is 29.1. The molecule has 0 aliphatic carbocycles. The smallest absolute Gasteiger partial charge is 0.243 e. The largest absolute Gasteiger partial charge is 0.352 e. The molecule has 1 aromatic carbocycles. The van der Waals surface area contributed by atoms with Crippen molar-refractivity contribution in [3.8, 4) is 5.82 Å². The predicted octanol–water partition coefficient (Wildman–Crippen LogP) is 2.10. The number of benzene rings is 1. The second-order valence-electron chi connectivity index (χ2n) is 7.30. The van der Waals surface area contributed by atoms with Crippen LogP contribution in [0, 0.1) is 20.8 Å². The fourth-order valence-electron chi connectivity index (χ4n) is 3.54. The van der Waals surface area contributed by atoms with Crippen LogP contribution in [0.15, 0.2) is 47.4 Å². The van der Waals surface area contributed by atoms with Crippen LogP contribution in [-0.4, -0.2) is 58.9 Å². The zero-order chi connectivity index (χ0) is 20.6. The lowest BCUT2D eigenvalue weighted by molar-refractivity contribution is 0.383. The molecule has 0 spiro atoms. The monoisotopic (exact) mass is 412 g/mol. The van der Waals surface area contributed by atoms with Gasteiger partial charge in [0.05, 0.1) is 10.6 Å². The molecule has 2 aromatic heterocycles. The molecule has 0 radical (unpaired) electrons. The minimum atomic E-state index is -3.48. The van der Waals surface area contributed by atoms with Gasteiger partial charge in [-0.05, 0) is 56.7 Å². The first-order valence-corrected chi connectivity index (χ1v) is 11.0. The van der Waals surface area contributed by atoms with Gasteiger partial charge in [-0.1, -0.05) is 12.1 Å². The van der Waals surface area contributed by atoms with E-state index in [9.17, 15) is 8.42 Å². The van der Waals surface area contributed by atoms with Crippen LogP contribution < -0.4 is 4.90 Å². The summed E-state index contributed by atoms with van der Waals surface area (Å²) in [5.41, 5.74) is 2.86. The summed E-state index contributed by atoms with van der Waals surface area (Å²) in [5.74, 6) is 1.41. The van der Waals surface area contributed by atoms with Crippen LogP contribution in [-0.2, 0) is 10.0 Å². The number of sulfonamides is 1. The topological polar surface area (TPSA) is 84.2 Å². The Morgan fingerprint density at radius 1 is 0.862 bits per heavy atom. The fourth-order valence-corrected chi connectivity index (χ4v) is 5.07. The van der Waals surface area contributed by atoms with E-state index in [1.54, 1.807) is 22.9 Å². The summed E-state index contributed by atoms with van der Waals surface area (Å²) in [4.78, 5) is 2.40. The average molecular weight is 413 g/mol. The van der Waals surface area contributed by atoms with Crippen molar-refractivity contribution in [2.75, 3.05) is 31.1 Å². The molecular formula is C20H24N6O2S. The fraction of sp³-hybridized carbons (Fsp3) is 0.350. The lowest BCUT2D eigenvalue weighted by Crippen LogP contribution is -2.49. The number of hydrogen-bond acceptors (Lipinski definition) is 6. The van der Waals surface area contributed by atoms with E-state index in [0.29, 0.717) is 36.9 Å². The van der Waals surface area contributed by atoms with E-state index in [1.807, 2.05) is 45.0 Å². The second kappa shape index (κ2) is 7.57. The van der Waals surface area contributed by atoms with E-state index >= 15 is 0 Å². The predicted molar refractivity (Wildman–Crippen MR) is 111 cm³/mol. The molecule has 3 aromatic rings. The summed E-state index contributed by atoms with van der Waals surface area (Å²) in [6.07, 6.45) is 0. The minimum absolute atomic E-state index is 0.347. The molecule has 1 saturated heterocycles. The van der Waals surface area contributed by atoms with Crippen LogP contribution in [0.5, 0.6) is 0 Å². The summed E-state index contributed by atoms with van der Waals surface area (Å²) in [5, 5.41) is 13.1. The lowest BCUT2D eigenvalue weighted by Gasteiger charge is -2.34. The standard InChI is InChI=1S/C20H24N6O2S/c1-15-5-4-6-18(13-15)29(27,28)25-11-9-24(10-12-25)19-7-8-20(22-21-19)26-17(3)14-16(2)23-26/h4-8,13-14H,9-12H2,1-3H3. The second-order valence-corrected chi connectivity index (χ2v) is 9.23. The zero-order valence-electron chi connectivity index (χ0n) is 16.8. The Labute approximate surface area is 170 Å². The SMILES string of the molecule is Cc1cccc(S(=O)(=O)N2CCN(c3ccc(-n4nc(C)cc4C)nn3)CC2)c1. The molecule has 0 saturated carbocycles. The summed E-state index contributed by atoms with van der Waals surface area (Å²) in [6.45, 7) is 7.77. The van der Waals surface area contributed by atoms with Crippen LogP contribution in [0.1, 0.15) is 17.0 Å². The van der Waals surface area contributed by atoms with Crippen molar-refractivity contribution in [1.29, 1.82) is 0 Å². The Morgan fingerprint density at radius 3 is 2.14 bits per heavy atom. The summed E-state index contributed by atoms with van der Waals surface area (Å²) in [6, 6.07) is 12.8. The molecule has 1 fully saturated rings. The van der Waals surface area contributed by atoms with Gasteiger partial charge in [0.25, 0.3) is 0 Å². The third kappa shape index (κ3) is 3.88. The van der Waals surface area contributed by atoms with Gasteiger partial charge in [0.15, 0.2) is 11.6 Å². The lowest BCUT2D eigenvalue weighted by atomic mass is 10.2. The van der Waals surface area contributed by atoms with Gasteiger partial charge >= 0.3 is 0 Å². The Kier molecular flexibility index (Phi) is 5.10. The van der Waals surface area contributed by atoms with Crippen molar-refractivity contribution in [1.82, 2.24) is 24.3 Å². The van der Waals surface area contributed by atoms with Crippen molar-refractivity contribution in [2.24, 2.45) is 0 Å². The molecule has 8 nitrogen and oxygen atoms in total. The quantitative estimate of drug-likeness (QED) is 0.653. The van der Waals surface area contributed by atoms with E-state index in [0.717, 1.165) is 22.8 Å². The number of aryl methyl sites for hydroxylation is 3. The number of rotatable bonds is 4. The third-order valence-corrected chi connectivity index (χ3v) is 6.95. The minimum Gasteiger partial charge on any atom is -0.352 e. The van der Waals surface area contributed by atoms with E-state index in [4.69, 9.17) is 0 Å². The highest BCUT2D eigenvalue weighted by molar-refractivity contribution is 7.89. The van der Waals surface area contributed by atoms with Crippen molar-refractivity contribution in [3.63, 3.8) is 0 Å². The summed E-state index contributed by atoms with van der Waals surface area (Å²) in [7, 11) is -3.48. The molecular weight excluding hydrogens is 388 g/mol. The maximum atomic E-state index is 12.9. The van der Waals surface area contributed by atoms with Gasteiger partial charge in [-0.3, -0.25) is 0 Å². The maximum absolute atomic E-state index is 12.9. The number of aromatic nitrogens is 4. The first-order chi connectivity index (χ1) is 13.8. The maximum Gasteiger partial charge on any atom is 0.243 e. The Morgan fingerprint density at radius 2 is 1.55 bits per heavy atom. The molecule has 9 heteroatoms. The van der Waals surface area contributed by atoms with E-state index in [1.165, 1.54) is 4.31 Å². The molecule has 0 bridgehead atoms. The van der Waals surface area contributed by atoms with Gasteiger partial charge in [-0.15, -0.1) is 10.2 Å². The molecule has 3 heterocycles. The Hall–Kier alpha value is -2.78. The van der Waals surface area contributed by atoms with Gasteiger partial charge in [0.1, 0.15) is 0 Å². The number of piperazine rings is 1. The molecule has 29 heavy (non-hydrogen) atoms. The summed E-state index contributed by atoms with van der Waals surface area (Å²) >= 11 is 0. The Bertz CT molecular complexity index is 1120. The van der Waals surface area contributed by atoms with Crippen LogP contribution in [0.2, 0.25) is 0 Å². The Balaban J connectivity index is 1.45. The van der Waals surface area contributed by atoms with Gasteiger partial charge in [0, 0.05) is 31.9 Å². The number of nitrogens with zero attached hydrogens (tertiary/aromatic N) is 6. The van der Waals surface area contributed by atoms with E-state index < -0.39 is 10.0 Å². The van der Waals surface area contributed by atoms with Crippen LogP contribution >= 0.6 is 0 Å². The molecule has 0 unspecified atom stereocenters. The van der Waals surface area contributed by atoms with Gasteiger partial charge in [-0.2, -0.15) is 9.40 Å². The molecule has 1 aliphatic heterocycles. The molecule has 4 rings (SSSR count). The number of anilines is 1. The zero-order valence-corrected chi connectivity index (χ0v) is 17.6. The van der Waals surface area contributed by atoms with Gasteiger partial charge < -0.3 is 4.90 Å². The number of hydrogen-bond donors (Lipinski definition) is 0. The normalized spacial score (nSPS) is 15.6. The first kappa shape index (κ1) is 19.5. The van der Waals surface area contributed by atoms with Crippen LogP contribution in [0.4, 0.5) is 5.82 Å². The molecule has 152 valence electrons. The van der Waals surface area contributed by atoms with Gasteiger partial charge in [0.2, 0.25) is 10.0 Å². The van der Waals surface area contributed by atoms with E-state index in [2.05, 4.69) is 20.2 Å². The molecule has 0 amide bonds.